The standard InChI is InChI=1S/C26H28N2O5S/c1-28(19-20-14-16-22(17-15-20)21-9-3-2-4-10-21)34(30,31)24-12-6-5-11-23(24)26(29)27-33-25-13-7-8-18-32-25/h2-6,9-12,14-17,25H,7-8,13,18-19H2,1H3,(H,27,29). The SMILES string of the molecule is CN(Cc1ccc(-c2ccccc2)cc1)S(=O)(=O)c1ccccc1C(=O)NOC1CCCCO1. The molecule has 34 heavy (non-hydrogen) atoms. The van der Waals surface area contributed by atoms with Gasteiger partial charge in [-0.3, -0.25) is 4.79 Å². The summed E-state index contributed by atoms with van der Waals surface area (Å²) in [5.41, 5.74) is 5.35. The Hall–Kier alpha value is -3.04. The van der Waals surface area contributed by atoms with Crippen LogP contribution in [-0.4, -0.2) is 38.6 Å². The largest absolute Gasteiger partial charge is 0.350 e. The fraction of sp³-hybridized carbons (Fsp3) is 0.269. The van der Waals surface area contributed by atoms with Gasteiger partial charge in [-0.2, -0.15) is 4.31 Å². The van der Waals surface area contributed by atoms with Crippen LogP contribution in [0.4, 0.5) is 0 Å². The van der Waals surface area contributed by atoms with Crippen molar-refractivity contribution in [2.45, 2.75) is 37.0 Å². The first-order valence-electron chi connectivity index (χ1n) is 11.2. The maximum Gasteiger partial charge on any atom is 0.276 e. The second kappa shape index (κ2) is 10.9. The van der Waals surface area contributed by atoms with Crippen LogP contribution in [0.1, 0.15) is 35.2 Å². The number of hydrogen-bond acceptors (Lipinski definition) is 5. The molecule has 0 aliphatic carbocycles. The normalized spacial score (nSPS) is 16.4. The lowest BCUT2D eigenvalue weighted by atomic mass is 10.0. The summed E-state index contributed by atoms with van der Waals surface area (Å²) in [7, 11) is -2.43. The van der Waals surface area contributed by atoms with Gasteiger partial charge in [0.25, 0.3) is 5.91 Å². The van der Waals surface area contributed by atoms with E-state index in [1.165, 1.54) is 23.5 Å². The molecule has 1 aliphatic rings. The van der Waals surface area contributed by atoms with Crippen molar-refractivity contribution in [2.24, 2.45) is 0 Å². The summed E-state index contributed by atoms with van der Waals surface area (Å²) in [4.78, 5) is 18.0. The number of benzene rings is 3. The minimum atomic E-state index is -3.93. The van der Waals surface area contributed by atoms with E-state index < -0.39 is 22.2 Å². The van der Waals surface area contributed by atoms with Crippen molar-refractivity contribution in [3.8, 4) is 11.1 Å². The highest BCUT2D eigenvalue weighted by molar-refractivity contribution is 7.89. The molecule has 1 saturated heterocycles. The molecule has 1 aliphatic heterocycles. The van der Waals surface area contributed by atoms with E-state index in [2.05, 4.69) is 5.48 Å². The molecular weight excluding hydrogens is 452 g/mol. The number of hydrogen-bond donors (Lipinski definition) is 1. The average Bonchev–Trinajstić information content (AvgIpc) is 2.89. The molecule has 0 aromatic heterocycles. The summed E-state index contributed by atoms with van der Waals surface area (Å²) < 4.78 is 33.4. The minimum Gasteiger partial charge on any atom is -0.350 e. The molecule has 1 unspecified atom stereocenters. The first-order chi connectivity index (χ1) is 16.4. The lowest BCUT2D eigenvalue weighted by Crippen LogP contribution is -2.34. The van der Waals surface area contributed by atoms with Gasteiger partial charge in [0.05, 0.1) is 10.5 Å². The maximum atomic E-state index is 13.3. The zero-order valence-corrected chi connectivity index (χ0v) is 19.8. The fourth-order valence-corrected chi connectivity index (χ4v) is 5.14. The van der Waals surface area contributed by atoms with E-state index >= 15 is 0 Å². The van der Waals surface area contributed by atoms with Crippen molar-refractivity contribution in [2.75, 3.05) is 13.7 Å². The molecule has 4 rings (SSSR count). The molecule has 0 radical (unpaired) electrons. The smallest absolute Gasteiger partial charge is 0.276 e. The predicted octanol–water partition coefficient (Wildman–Crippen LogP) is 4.36. The first kappa shape index (κ1) is 24.1. The average molecular weight is 481 g/mol. The number of nitrogens with zero attached hydrogens (tertiary/aromatic N) is 1. The van der Waals surface area contributed by atoms with Crippen molar-refractivity contribution in [1.82, 2.24) is 9.79 Å². The quantitative estimate of drug-likeness (QED) is 0.484. The van der Waals surface area contributed by atoms with Crippen LogP contribution in [0.15, 0.2) is 83.8 Å². The zero-order chi connectivity index (χ0) is 24.0. The molecule has 1 amide bonds. The Morgan fingerprint density at radius 3 is 2.35 bits per heavy atom. The Labute approximate surface area is 200 Å². The van der Waals surface area contributed by atoms with Crippen LogP contribution in [-0.2, 0) is 26.1 Å². The molecular formula is C26H28N2O5S. The van der Waals surface area contributed by atoms with Crippen LogP contribution in [0.2, 0.25) is 0 Å². The van der Waals surface area contributed by atoms with Crippen LogP contribution >= 0.6 is 0 Å². The maximum absolute atomic E-state index is 13.3. The van der Waals surface area contributed by atoms with Gasteiger partial charge in [-0.15, -0.1) is 0 Å². The van der Waals surface area contributed by atoms with Gasteiger partial charge < -0.3 is 4.74 Å². The molecule has 8 heteroatoms. The highest BCUT2D eigenvalue weighted by Gasteiger charge is 2.27. The minimum absolute atomic E-state index is 0.0181. The van der Waals surface area contributed by atoms with Gasteiger partial charge in [-0.25, -0.2) is 18.7 Å². The third-order valence-corrected chi connectivity index (χ3v) is 7.57. The number of ether oxygens (including phenoxy) is 1. The molecule has 1 N–H and O–H groups in total. The summed E-state index contributed by atoms with van der Waals surface area (Å²) in [6.07, 6.45) is 2.05. The van der Waals surface area contributed by atoms with E-state index in [1.807, 2.05) is 54.6 Å². The van der Waals surface area contributed by atoms with E-state index in [0.717, 1.165) is 29.5 Å². The molecule has 0 spiro atoms. The van der Waals surface area contributed by atoms with Crippen molar-refractivity contribution < 1.29 is 22.8 Å². The molecule has 7 nitrogen and oxygen atoms in total. The summed E-state index contributed by atoms with van der Waals surface area (Å²) in [6, 6.07) is 23.8. The monoisotopic (exact) mass is 480 g/mol. The molecule has 0 saturated carbocycles. The second-order valence-corrected chi connectivity index (χ2v) is 10.2. The second-order valence-electron chi connectivity index (χ2n) is 8.17. The van der Waals surface area contributed by atoms with Crippen molar-refractivity contribution in [3.05, 3.63) is 90.0 Å². The number of nitrogens with one attached hydrogen (secondary N) is 1. The van der Waals surface area contributed by atoms with E-state index in [0.29, 0.717) is 13.0 Å². The number of sulfonamides is 1. The summed E-state index contributed by atoms with van der Waals surface area (Å²) in [5.74, 6) is -0.631. The Morgan fingerprint density at radius 2 is 1.65 bits per heavy atom. The van der Waals surface area contributed by atoms with Crippen LogP contribution in [0.5, 0.6) is 0 Å². The van der Waals surface area contributed by atoms with Gasteiger partial charge in [-0.05, 0) is 41.7 Å². The van der Waals surface area contributed by atoms with Gasteiger partial charge in [0.2, 0.25) is 10.0 Å². The van der Waals surface area contributed by atoms with E-state index in [4.69, 9.17) is 9.57 Å². The highest BCUT2D eigenvalue weighted by Crippen LogP contribution is 2.23. The number of carbonyl (C=O) groups excluding carboxylic acids is 1. The fourth-order valence-electron chi connectivity index (χ4n) is 3.80. The molecule has 178 valence electrons. The molecule has 0 bridgehead atoms. The molecule has 1 atom stereocenters. The van der Waals surface area contributed by atoms with Crippen molar-refractivity contribution in [3.63, 3.8) is 0 Å². The van der Waals surface area contributed by atoms with Crippen LogP contribution in [0.3, 0.4) is 0 Å². The third kappa shape index (κ3) is 5.71. The summed E-state index contributed by atoms with van der Waals surface area (Å²) in [6.45, 7) is 0.738. The van der Waals surface area contributed by atoms with E-state index in [1.54, 1.807) is 12.1 Å². The van der Waals surface area contributed by atoms with Crippen LogP contribution < -0.4 is 5.48 Å². The lowest BCUT2D eigenvalue weighted by molar-refractivity contribution is -0.186. The number of carbonyl (C=O) groups is 1. The topological polar surface area (TPSA) is 84.9 Å². The Bertz CT molecular complexity index is 1210. The predicted molar refractivity (Wildman–Crippen MR) is 129 cm³/mol. The molecule has 3 aromatic rings. The highest BCUT2D eigenvalue weighted by atomic mass is 32.2. The number of amides is 1. The first-order valence-corrected chi connectivity index (χ1v) is 12.7. The van der Waals surface area contributed by atoms with Gasteiger partial charge in [0.15, 0.2) is 6.29 Å². The van der Waals surface area contributed by atoms with Gasteiger partial charge in [0, 0.05) is 26.6 Å². The van der Waals surface area contributed by atoms with E-state index in [9.17, 15) is 13.2 Å². The van der Waals surface area contributed by atoms with Crippen molar-refractivity contribution in [1.29, 1.82) is 0 Å². The van der Waals surface area contributed by atoms with E-state index in [-0.39, 0.29) is 17.0 Å². The third-order valence-electron chi connectivity index (χ3n) is 5.71. The van der Waals surface area contributed by atoms with Gasteiger partial charge in [-0.1, -0.05) is 66.7 Å². The van der Waals surface area contributed by atoms with Crippen molar-refractivity contribution >= 4 is 15.9 Å². The molecule has 1 fully saturated rings. The van der Waals surface area contributed by atoms with Crippen LogP contribution in [0.25, 0.3) is 11.1 Å². The summed E-state index contributed by atoms with van der Waals surface area (Å²) in [5, 5.41) is 0. The van der Waals surface area contributed by atoms with Gasteiger partial charge in [0.1, 0.15) is 0 Å². The number of rotatable bonds is 8. The Morgan fingerprint density at radius 1 is 0.971 bits per heavy atom. The van der Waals surface area contributed by atoms with Gasteiger partial charge >= 0.3 is 0 Å². The van der Waals surface area contributed by atoms with Crippen LogP contribution in [0, 0.1) is 0 Å². The Kier molecular flexibility index (Phi) is 7.74. The molecule has 1 heterocycles. The number of hydroxylamine groups is 1. The Balaban J connectivity index is 1.46. The molecule has 3 aromatic carbocycles. The lowest BCUT2D eigenvalue weighted by Gasteiger charge is -2.23. The summed E-state index contributed by atoms with van der Waals surface area (Å²) >= 11 is 0. The zero-order valence-electron chi connectivity index (χ0n) is 19.0.